The number of carbonyl (C=O) groups excluding carboxylic acids is 1. The number of nitrogens with one attached hydrogen (secondary N) is 1. The molecule has 17 heavy (non-hydrogen) atoms. The van der Waals surface area contributed by atoms with Gasteiger partial charge in [0, 0.05) is 24.9 Å². The summed E-state index contributed by atoms with van der Waals surface area (Å²) >= 11 is 0. The van der Waals surface area contributed by atoms with Gasteiger partial charge >= 0.3 is 0 Å². The molecule has 5 N–H and O–H groups in total. The number of hydrogen-bond acceptors (Lipinski definition) is 5. The van der Waals surface area contributed by atoms with Crippen LogP contribution < -0.4 is 16.8 Å². The first-order chi connectivity index (χ1) is 8.06. The third-order valence-corrected chi connectivity index (χ3v) is 2.28. The van der Waals surface area contributed by atoms with Crippen LogP contribution in [0, 0.1) is 0 Å². The van der Waals surface area contributed by atoms with Crippen molar-refractivity contribution in [3.05, 3.63) is 18.6 Å². The summed E-state index contributed by atoms with van der Waals surface area (Å²) in [6.07, 6.45) is 5.33. The molecule has 1 atom stereocenters. The van der Waals surface area contributed by atoms with Crippen LogP contribution in [0.5, 0.6) is 0 Å². The molecule has 0 fully saturated rings. The van der Waals surface area contributed by atoms with Gasteiger partial charge in [0.05, 0.1) is 6.20 Å². The number of rotatable bonds is 4. The molecule has 0 saturated carbocycles. The standard InChI is InChI=1S/C10H14N6O/c1-6(4-8(12)17)14-9-10-13-2-3-16(10)5-7(11)15-9/h2-3,5-6H,4,11H2,1H3,(H2,12,17)(H,14,15). The van der Waals surface area contributed by atoms with E-state index in [0.29, 0.717) is 17.3 Å². The Hall–Kier alpha value is -2.31. The zero-order chi connectivity index (χ0) is 12.4. The molecular weight excluding hydrogens is 220 g/mol. The molecule has 2 rings (SSSR count). The van der Waals surface area contributed by atoms with Crippen molar-refractivity contribution in [2.24, 2.45) is 5.73 Å². The predicted octanol–water partition coefficient (Wildman–Crippen LogP) is -0.0127. The molecule has 1 unspecified atom stereocenters. The number of amides is 1. The van der Waals surface area contributed by atoms with Gasteiger partial charge in [-0.3, -0.25) is 4.79 Å². The van der Waals surface area contributed by atoms with E-state index in [1.54, 1.807) is 23.0 Å². The Bertz CT molecular complexity index is 549. The zero-order valence-electron chi connectivity index (χ0n) is 9.42. The topological polar surface area (TPSA) is 111 Å². The number of carbonyl (C=O) groups is 1. The SMILES string of the molecule is CC(CC(N)=O)Nc1nc(N)cn2ccnc12. The van der Waals surface area contributed by atoms with E-state index in [2.05, 4.69) is 15.3 Å². The van der Waals surface area contributed by atoms with E-state index in [9.17, 15) is 4.79 Å². The normalized spacial score (nSPS) is 12.5. The van der Waals surface area contributed by atoms with Crippen molar-refractivity contribution < 1.29 is 4.79 Å². The number of aromatic nitrogens is 3. The monoisotopic (exact) mass is 234 g/mol. The van der Waals surface area contributed by atoms with E-state index in [-0.39, 0.29) is 18.4 Å². The summed E-state index contributed by atoms with van der Waals surface area (Å²) in [7, 11) is 0. The van der Waals surface area contributed by atoms with Crippen LogP contribution in [0.15, 0.2) is 18.6 Å². The van der Waals surface area contributed by atoms with Crippen molar-refractivity contribution >= 4 is 23.2 Å². The summed E-state index contributed by atoms with van der Waals surface area (Å²) in [5.41, 5.74) is 11.5. The molecule has 2 aromatic rings. The molecular formula is C10H14N6O. The van der Waals surface area contributed by atoms with E-state index < -0.39 is 0 Å². The lowest BCUT2D eigenvalue weighted by Gasteiger charge is -2.13. The summed E-state index contributed by atoms with van der Waals surface area (Å²) < 4.78 is 1.77. The van der Waals surface area contributed by atoms with E-state index in [1.165, 1.54) is 0 Å². The molecule has 0 aromatic carbocycles. The van der Waals surface area contributed by atoms with Crippen LogP contribution in [-0.2, 0) is 4.79 Å². The Labute approximate surface area is 97.8 Å². The molecule has 0 saturated heterocycles. The molecule has 90 valence electrons. The van der Waals surface area contributed by atoms with Gasteiger partial charge in [0.2, 0.25) is 5.91 Å². The van der Waals surface area contributed by atoms with Gasteiger partial charge in [-0.2, -0.15) is 0 Å². The number of imidazole rings is 1. The van der Waals surface area contributed by atoms with E-state index >= 15 is 0 Å². The first-order valence-corrected chi connectivity index (χ1v) is 5.20. The lowest BCUT2D eigenvalue weighted by molar-refractivity contribution is -0.118. The predicted molar refractivity (Wildman–Crippen MR) is 64.3 cm³/mol. The summed E-state index contributed by atoms with van der Waals surface area (Å²) in [6.45, 7) is 1.84. The molecule has 7 nitrogen and oxygen atoms in total. The Kier molecular flexibility index (Phi) is 2.82. The van der Waals surface area contributed by atoms with Crippen LogP contribution in [0.1, 0.15) is 13.3 Å². The van der Waals surface area contributed by atoms with Gasteiger partial charge in [0.15, 0.2) is 11.5 Å². The second-order valence-corrected chi connectivity index (χ2v) is 3.89. The van der Waals surface area contributed by atoms with Crippen molar-refractivity contribution in [3.63, 3.8) is 0 Å². The Morgan fingerprint density at radius 1 is 1.65 bits per heavy atom. The molecule has 2 heterocycles. The van der Waals surface area contributed by atoms with E-state index in [0.717, 1.165) is 0 Å². The molecule has 1 amide bonds. The van der Waals surface area contributed by atoms with Gasteiger partial charge in [0.25, 0.3) is 0 Å². The highest BCUT2D eigenvalue weighted by atomic mass is 16.1. The number of primary amides is 1. The zero-order valence-corrected chi connectivity index (χ0v) is 9.42. The van der Waals surface area contributed by atoms with E-state index in [1.807, 2.05) is 6.92 Å². The molecule has 0 spiro atoms. The second kappa shape index (κ2) is 4.28. The average Bonchev–Trinajstić information content (AvgIpc) is 2.63. The quantitative estimate of drug-likeness (QED) is 0.688. The van der Waals surface area contributed by atoms with Crippen molar-refractivity contribution in [3.8, 4) is 0 Å². The average molecular weight is 234 g/mol. The van der Waals surface area contributed by atoms with Gasteiger partial charge in [-0.25, -0.2) is 9.97 Å². The minimum Gasteiger partial charge on any atom is -0.382 e. The molecule has 0 bridgehead atoms. The lowest BCUT2D eigenvalue weighted by atomic mass is 10.2. The van der Waals surface area contributed by atoms with Gasteiger partial charge in [0.1, 0.15) is 5.82 Å². The molecule has 0 radical (unpaired) electrons. The number of nitrogen functional groups attached to an aromatic ring is 1. The van der Waals surface area contributed by atoms with Gasteiger partial charge < -0.3 is 21.2 Å². The number of nitrogens with zero attached hydrogens (tertiary/aromatic N) is 3. The largest absolute Gasteiger partial charge is 0.382 e. The van der Waals surface area contributed by atoms with Crippen molar-refractivity contribution in [2.75, 3.05) is 11.1 Å². The maximum atomic E-state index is 10.8. The highest BCUT2D eigenvalue weighted by Gasteiger charge is 2.11. The minimum absolute atomic E-state index is 0.123. The van der Waals surface area contributed by atoms with Crippen LogP contribution in [0.2, 0.25) is 0 Å². The van der Waals surface area contributed by atoms with E-state index in [4.69, 9.17) is 11.5 Å². The first kappa shape index (κ1) is 11.2. The fourth-order valence-corrected chi connectivity index (χ4v) is 1.63. The number of nitrogens with two attached hydrogens (primary N) is 2. The van der Waals surface area contributed by atoms with Crippen LogP contribution in [-0.4, -0.2) is 26.3 Å². The Morgan fingerprint density at radius 3 is 3.12 bits per heavy atom. The smallest absolute Gasteiger partial charge is 0.219 e. The Balaban J connectivity index is 2.28. The van der Waals surface area contributed by atoms with Crippen LogP contribution in [0.4, 0.5) is 11.6 Å². The number of hydrogen-bond donors (Lipinski definition) is 3. The fraction of sp³-hybridized carbons (Fsp3) is 0.300. The van der Waals surface area contributed by atoms with Crippen molar-refractivity contribution in [1.82, 2.24) is 14.4 Å². The molecule has 0 aliphatic carbocycles. The summed E-state index contributed by atoms with van der Waals surface area (Å²) in [6, 6.07) is -0.123. The number of anilines is 2. The third kappa shape index (κ3) is 2.44. The highest BCUT2D eigenvalue weighted by molar-refractivity contribution is 5.75. The van der Waals surface area contributed by atoms with Gasteiger partial charge in [-0.05, 0) is 6.92 Å². The van der Waals surface area contributed by atoms with Crippen LogP contribution in [0.25, 0.3) is 5.65 Å². The maximum Gasteiger partial charge on any atom is 0.219 e. The molecule has 0 aliphatic rings. The highest BCUT2D eigenvalue weighted by Crippen LogP contribution is 2.15. The van der Waals surface area contributed by atoms with Gasteiger partial charge in [-0.1, -0.05) is 0 Å². The van der Waals surface area contributed by atoms with Crippen LogP contribution >= 0.6 is 0 Å². The summed E-state index contributed by atoms with van der Waals surface area (Å²) in [5, 5.41) is 3.07. The third-order valence-electron chi connectivity index (χ3n) is 2.28. The summed E-state index contributed by atoms with van der Waals surface area (Å²) in [5.74, 6) is 0.557. The summed E-state index contributed by atoms with van der Waals surface area (Å²) in [4.78, 5) is 19.1. The van der Waals surface area contributed by atoms with Crippen molar-refractivity contribution in [1.29, 1.82) is 0 Å². The minimum atomic E-state index is -0.367. The van der Waals surface area contributed by atoms with Crippen LogP contribution in [0.3, 0.4) is 0 Å². The Morgan fingerprint density at radius 2 is 2.41 bits per heavy atom. The second-order valence-electron chi connectivity index (χ2n) is 3.89. The number of fused-ring (bicyclic) bond motifs is 1. The maximum absolute atomic E-state index is 10.8. The molecule has 0 aliphatic heterocycles. The molecule has 2 aromatic heterocycles. The van der Waals surface area contributed by atoms with Gasteiger partial charge in [-0.15, -0.1) is 0 Å². The lowest BCUT2D eigenvalue weighted by Crippen LogP contribution is -2.24. The fourth-order valence-electron chi connectivity index (χ4n) is 1.63. The van der Waals surface area contributed by atoms with Crippen molar-refractivity contribution in [2.45, 2.75) is 19.4 Å². The molecule has 7 heteroatoms. The first-order valence-electron chi connectivity index (χ1n) is 5.20.